The normalized spacial score (nSPS) is 12.1. The fourth-order valence-corrected chi connectivity index (χ4v) is 4.27. The minimum Gasteiger partial charge on any atom is -0.0918 e. The van der Waals surface area contributed by atoms with Crippen LogP contribution in [-0.2, 0) is 5.41 Å². The Kier molecular flexibility index (Phi) is 6.22. The Morgan fingerprint density at radius 1 is 1.12 bits per heavy atom. The lowest BCUT2D eigenvalue weighted by Gasteiger charge is -2.33. The first-order valence-corrected chi connectivity index (χ1v) is 8.48. The first kappa shape index (κ1) is 15.2. The quantitative estimate of drug-likeness (QED) is 0.590. The zero-order valence-corrected chi connectivity index (χ0v) is 14.1. The summed E-state index contributed by atoms with van der Waals surface area (Å²) in [5, 5.41) is 2.03. The van der Waals surface area contributed by atoms with Gasteiger partial charge in [0.1, 0.15) is 0 Å². The van der Waals surface area contributed by atoms with E-state index in [1.807, 2.05) is 0 Å². The van der Waals surface area contributed by atoms with Gasteiger partial charge in [0.15, 0.2) is 0 Å². The molecule has 96 valence electrons. The summed E-state index contributed by atoms with van der Waals surface area (Å²) in [6.45, 7) is 6.81. The number of benzene rings is 1. The average molecular weight is 362 g/mol. The molecular formula is C15H22Br2. The monoisotopic (exact) mass is 360 g/mol. The van der Waals surface area contributed by atoms with Crippen LogP contribution in [0.3, 0.4) is 0 Å². The van der Waals surface area contributed by atoms with Crippen molar-refractivity contribution in [2.75, 3.05) is 10.7 Å². The summed E-state index contributed by atoms with van der Waals surface area (Å²) >= 11 is 7.45. The summed E-state index contributed by atoms with van der Waals surface area (Å²) in [5.74, 6) is 0.761. The van der Waals surface area contributed by atoms with Crippen molar-refractivity contribution in [3.05, 3.63) is 35.4 Å². The van der Waals surface area contributed by atoms with Crippen LogP contribution >= 0.6 is 31.9 Å². The first-order valence-electron chi connectivity index (χ1n) is 6.24. The number of rotatable bonds is 6. The van der Waals surface area contributed by atoms with E-state index in [4.69, 9.17) is 0 Å². The van der Waals surface area contributed by atoms with E-state index in [0.717, 1.165) is 16.6 Å². The van der Waals surface area contributed by atoms with E-state index in [0.29, 0.717) is 0 Å². The van der Waals surface area contributed by atoms with Gasteiger partial charge in [-0.15, -0.1) is 0 Å². The molecule has 0 aliphatic carbocycles. The third-order valence-electron chi connectivity index (χ3n) is 3.43. The zero-order valence-electron chi connectivity index (χ0n) is 11.0. The number of hydrogen-bond acceptors (Lipinski definition) is 0. The molecular weight excluding hydrogens is 340 g/mol. The summed E-state index contributed by atoms with van der Waals surface area (Å²) in [6.07, 6.45) is 2.50. The van der Waals surface area contributed by atoms with E-state index in [1.165, 1.54) is 24.0 Å². The highest BCUT2D eigenvalue weighted by Gasteiger charge is 2.31. The van der Waals surface area contributed by atoms with Crippen LogP contribution in [0.1, 0.15) is 37.8 Å². The third kappa shape index (κ3) is 3.82. The van der Waals surface area contributed by atoms with Gasteiger partial charge in [0.05, 0.1) is 0 Å². The highest BCUT2D eigenvalue weighted by atomic mass is 79.9. The Bertz CT molecular complexity index is 341. The van der Waals surface area contributed by atoms with Gasteiger partial charge in [0, 0.05) is 16.1 Å². The van der Waals surface area contributed by atoms with Crippen LogP contribution in [0, 0.1) is 12.8 Å². The molecule has 0 radical (unpaired) electrons. The topological polar surface area (TPSA) is 0 Å². The van der Waals surface area contributed by atoms with E-state index < -0.39 is 0 Å². The molecule has 0 amide bonds. The van der Waals surface area contributed by atoms with Crippen molar-refractivity contribution in [3.63, 3.8) is 0 Å². The Morgan fingerprint density at radius 3 is 2.18 bits per heavy atom. The van der Waals surface area contributed by atoms with Crippen molar-refractivity contribution in [1.82, 2.24) is 0 Å². The van der Waals surface area contributed by atoms with Crippen molar-refractivity contribution in [3.8, 4) is 0 Å². The van der Waals surface area contributed by atoms with Gasteiger partial charge in [-0.2, -0.15) is 0 Å². The standard InChI is InChI=1S/C15H22Br2/c1-12(2)8-9-15(10-16,11-17)14-7-5-4-6-13(14)3/h4-7,12H,8-11H2,1-3H3. The molecule has 0 bridgehead atoms. The van der Waals surface area contributed by atoms with Gasteiger partial charge in [0.2, 0.25) is 0 Å². The average Bonchev–Trinajstić information content (AvgIpc) is 2.32. The minimum atomic E-state index is 0.232. The van der Waals surface area contributed by atoms with Gasteiger partial charge >= 0.3 is 0 Å². The molecule has 1 aromatic carbocycles. The summed E-state index contributed by atoms with van der Waals surface area (Å²) in [7, 11) is 0. The molecule has 0 N–H and O–H groups in total. The molecule has 0 atom stereocenters. The highest BCUT2D eigenvalue weighted by molar-refractivity contribution is 9.09. The van der Waals surface area contributed by atoms with E-state index in [1.54, 1.807) is 0 Å². The van der Waals surface area contributed by atoms with Crippen molar-refractivity contribution in [1.29, 1.82) is 0 Å². The molecule has 0 nitrogen and oxygen atoms in total. The lowest BCUT2D eigenvalue weighted by Crippen LogP contribution is -2.31. The largest absolute Gasteiger partial charge is 0.0918 e. The van der Waals surface area contributed by atoms with Crippen LogP contribution in [0.25, 0.3) is 0 Å². The SMILES string of the molecule is Cc1ccccc1C(CBr)(CBr)CCC(C)C. The molecule has 1 rings (SSSR count). The van der Waals surface area contributed by atoms with Crippen LogP contribution in [0.15, 0.2) is 24.3 Å². The first-order chi connectivity index (χ1) is 8.05. The molecule has 0 saturated carbocycles. The molecule has 0 saturated heterocycles. The molecule has 2 heteroatoms. The summed E-state index contributed by atoms with van der Waals surface area (Å²) in [6, 6.07) is 8.76. The Morgan fingerprint density at radius 2 is 1.71 bits per heavy atom. The molecule has 0 aromatic heterocycles. The van der Waals surface area contributed by atoms with E-state index >= 15 is 0 Å². The minimum absolute atomic E-state index is 0.232. The van der Waals surface area contributed by atoms with Crippen LogP contribution in [0.5, 0.6) is 0 Å². The van der Waals surface area contributed by atoms with Crippen LogP contribution in [0.4, 0.5) is 0 Å². The Hall–Kier alpha value is 0.180. The molecule has 0 heterocycles. The van der Waals surface area contributed by atoms with Gasteiger partial charge < -0.3 is 0 Å². The predicted molar refractivity (Wildman–Crippen MR) is 84.5 cm³/mol. The van der Waals surface area contributed by atoms with Gasteiger partial charge in [-0.25, -0.2) is 0 Å². The fraction of sp³-hybridized carbons (Fsp3) is 0.600. The molecule has 17 heavy (non-hydrogen) atoms. The number of hydrogen-bond donors (Lipinski definition) is 0. The van der Waals surface area contributed by atoms with Gasteiger partial charge in [-0.1, -0.05) is 76.4 Å². The molecule has 0 spiro atoms. The van der Waals surface area contributed by atoms with E-state index in [-0.39, 0.29) is 5.41 Å². The van der Waals surface area contributed by atoms with Crippen molar-refractivity contribution in [2.24, 2.45) is 5.92 Å². The van der Waals surface area contributed by atoms with Gasteiger partial charge in [-0.3, -0.25) is 0 Å². The van der Waals surface area contributed by atoms with Gasteiger partial charge in [-0.05, 0) is 30.4 Å². The predicted octanol–water partition coefficient (Wildman–Crippen LogP) is 5.46. The second-order valence-electron chi connectivity index (χ2n) is 5.30. The Labute approximate surface area is 122 Å². The summed E-state index contributed by atoms with van der Waals surface area (Å²) in [5.41, 5.74) is 3.11. The lowest BCUT2D eigenvalue weighted by atomic mass is 9.77. The van der Waals surface area contributed by atoms with Crippen LogP contribution < -0.4 is 0 Å². The molecule has 0 unspecified atom stereocenters. The highest BCUT2D eigenvalue weighted by Crippen LogP contribution is 2.36. The second kappa shape index (κ2) is 6.94. The maximum absolute atomic E-state index is 3.72. The third-order valence-corrected chi connectivity index (χ3v) is 5.57. The number of alkyl halides is 2. The van der Waals surface area contributed by atoms with Gasteiger partial charge in [0.25, 0.3) is 0 Å². The molecule has 0 aliphatic heterocycles. The summed E-state index contributed by atoms with van der Waals surface area (Å²) < 4.78 is 0. The molecule has 0 aliphatic rings. The second-order valence-corrected chi connectivity index (χ2v) is 6.42. The van der Waals surface area contributed by atoms with Crippen molar-refractivity contribution in [2.45, 2.75) is 39.0 Å². The van der Waals surface area contributed by atoms with E-state index in [2.05, 4.69) is 76.9 Å². The number of aryl methyl sites for hydroxylation is 1. The smallest absolute Gasteiger partial charge is 0.0149 e. The fourth-order valence-electron chi connectivity index (χ4n) is 2.18. The zero-order chi connectivity index (χ0) is 12.9. The maximum Gasteiger partial charge on any atom is 0.0149 e. The maximum atomic E-state index is 3.72. The van der Waals surface area contributed by atoms with Crippen LogP contribution in [-0.4, -0.2) is 10.7 Å². The van der Waals surface area contributed by atoms with Crippen molar-refractivity contribution < 1.29 is 0 Å². The summed E-state index contributed by atoms with van der Waals surface area (Å²) in [4.78, 5) is 0. The number of halogens is 2. The van der Waals surface area contributed by atoms with Crippen molar-refractivity contribution >= 4 is 31.9 Å². The van der Waals surface area contributed by atoms with E-state index in [9.17, 15) is 0 Å². The molecule has 0 fully saturated rings. The lowest BCUT2D eigenvalue weighted by molar-refractivity contribution is 0.429. The van der Waals surface area contributed by atoms with Crippen LogP contribution in [0.2, 0.25) is 0 Å². The molecule has 1 aromatic rings. The Balaban J connectivity index is 3.02.